The highest BCUT2D eigenvalue weighted by atomic mass is 35.5. The van der Waals surface area contributed by atoms with Crippen molar-refractivity contribution >= 4 is 23.4 Å². The first-order valence-corrected chi connectivity index (χ1v) is 8.16. The monoisotopic (exact) mass is 378 g/mol. The van der Waals surface area contributed by atoms with Crippen molar-refractivity contribution in [2.75, 3.05) is 0 Å². The number of fused-ring (bicyclic) bond motifs is 1. The summed E-state index contributed by atoms with van der Waals surface area (Å²) in [6, 6.07) is 6.49. The molecule has 0 radical (unpaired) electrons. The number of benzene rings is 2. The van der Waals surface area contributed by atoms with Crippen LogP contribution in [0, 0.1) is 5.82 Å². The van der Waals surface area contributed by atoms with Crippen LogP contribution in [-0.2, 0) is 6.42 Å². The van der Waals surface area contributed by atoms with E-state index in [1.165, 1.54) is 24.3 Å². The summed E-state index contributed by atoms with van der Waals surface area (Å²) in [7, 11) is 0. The molecule has 2 aromatic carbocycles. The van der Waals surface area contributed by atoms with E-state index in [0.29, 0.717) is 24.2 Å². The Morgan fingerprint density at radius 1 is 1.21 bits per heavy atom. The molecule has 0 saturated heterocycles. The minimum absolute atomic E-state index is 0.0352. The van der Waals surface area contributed by atoms with Gasteiger partial charge in [-0.25, -0.2) is 4.39 Å². The third-order valence-corrected chi connectivity index (χ3v) is 4.72. The van der Waals surface area contributed by atoms with Crippen molar-refractivity contribution in [1.29, 1.82) is 0 Å². The molecule has 1 unspecified atom stereocenters. The zero-order valence-electron chi connectivity index (χ0n) is 12.0. The van der Waals surface area contributed by atoms with Gasteiger partial charge in [-0.3, -0.25) is 0 Å². The Morgan fingerprint density at radius 3 is 2.62 bits per heavy atom. The van der Waals surface area contributed by atoms with Crippen molar-refractivity contribution in [2.45, 2.75) is 29.3 Å². The molecule has 0 saturated carbocycles. The van der Waals surface area contributed by atoms with Crippen LogP contribution in [0.15, 0.2) is 35.2 Å². The maximum absolute atomic E-state index is 13.2. The van der Waals surface area contributed by atoms with Crippen molar-refractivity contribution in [3.05, 3.63) is 52.3 Å². The number of rotatable bonds is 3. The summed E-state index contributed by atoms with van der Waals surface area (Å²) < 4.78 is 56.8. The number of aliphatic hydroxyl groups excluding tert-OH is 1. The van der Waals surface area contributed by atoms with Crippen LogP contribution in [0.25, 0.3) is 0 Å². The average Bonchev–Trinajstić information content (AvgIpc) is 2.87. The summed E-state index contributed by atoms with van der Waals surface area (Å²) in [6.07, 6.45) is -0.247. The minimum Gasteiger partial charge on any atom is -0.457 e. The molecule has 0 amide bonds. The van der Waals surface area contributed by atoms with Gasteiger partial charge < -0.3 is 9.84 Å². The molecule has 8 heteroatoms. The van der Waals surface area contributed by atoms with Gasteiger partial charge in [-0.15, -0.1) is 0 Å². The number of aliphatic hydroxyl groups is 1. The van der Waals surface area contributed by atoms with Gasteiger partial charge in [-0.1, -0.05) is 11.6 Å². The number of halogens is 5. The fourth-order valence-corrected chi connectivity index (χ4v) is 3.57. The summed E-state index contributed by atoms with van der Waals surface area (Å²) in [5.41, 5.74) is -3.68. The van der Waals surface area contributed by atoms with Crippen molar-refractivity contribution in [1.82, 2.24) is 0 Å². The molecule has 0 fully saturated rings. The van der Waals surface area contributed by atoms with Gasteiger partial charge in [0.15, 0.2) is 0 Å². The number of hydrogen-bond acceptors (Lipinski definition) is 3. The maximum Gasteiger partial charge on any atom is 0.446 e. The summed E-state index contributed by atoms with van der Waals surface area (Å²) in [6.45, 7) is 0. The van der Waals surface area contributed by atoms with E-state index in [2.05, 4.69) is 0 Å². The Hall–Kier alpha value is -1.44. The quantitative estimate of drug-likeness (QED) is 0.535. The van der Waals surface area contributed by atoms with Crippen LogP contribution in [-0.4, -0.2) is 10.6 Å². The number of ether oxygens (including phenoxy) is 1. The Labute approximate surface area is 144 Å². The van der Waals surface area contributed by atoms with E-state index in [1.807, 2.05) is 0 Å². The predicted molar refractivity (Wildman–Crippen MR) is 83.1 cm³/mol. The molecule has 0 aromatic heterocycles. The first-order chi connectivity index (χ1) is 11.2. The first kappa shape index (κ1) is 17.4. The van der Waals surface area contributed by atoms with E-state index in [0.717, 1.165) is 6.07 Å². The van der Waals surface area contributed by atoms with Crippen LogP contribution >= 0.6 is 23.4 Å². The van der Waals surface area contributed by atoms with Crippen LogP contribution in [0.1, 0.15) is 23.7 Å². The molecule has 0 bridgehead atoms. The molecule has 0 heterocycles. The average molecular weight is 379 g/mol. The summed E-state index contributed by atoms with van der Waals surface area (Å²) in [4.78, 5) is -0.0352. The normalized spacial score (nSPS) is 17.0. The number of alkyl halides is 3. The molecule has 0 aliphatic heterocycles. The lowest BCUT2D eigenvalue weighted by atomic mass is 10.1. The summed E-state index contributed by atoms with van der Waals surface area (Å²) in [5.74, 6) is -0.00134. The van der Waals surface area contributed by atoms with Crippen LogP contribution in [0.3, 0.4) is 0 Å². The third kappa shape index (κ3) is 3.63. The number of thioether (sulfide) groups is 1. The van der Waals surface area contributed by atoms with Gasteiger partial charge >= 0.3 is 5.51 Å². The second-order valence-corrected chi connectivity index (χ2v) is 6.75. The Balaban J connectivity index is 1.97. The molecule has 1 atom stereocenters. The lowest BCUT2D eigenvalue weighted by molar-refractivity contribution is -0.0328. The van der Waals surface area contributed by atoms with E-state index in [-0.39, 0.29) is 33.0 Å². The minimum atomic E-state index is -4.44. The Morgan fingerprint density at radius 2 is 1.96 bits per heavy atom. The van der Waals surface area contributed by atoms with E-state index in [9.17, 15) is 22.7 Å². The fraction of sp³-hybridized carbons (Fsp3) is 0.250. The molecule has 24 heavy (non-hydrogen) atoms. The molecule has 0 spiro atoms. The van der Waals surface area contributed by atoms with Gasteiger partial charge in [-0.05, 0) is 48.9 Å². The van der Waals surface area contributed by atoms with E-state index >= 15 is 0 Å². The van der Waals surface area contributed by atoms with Crippen LogP contribution in [0.4, 0.5) is 17.6 Å². The van der Waals surface area contributed by atoms with E-state index < -0.39 is 17.4 Å². The molecule has 1 aliphatic rings. The lowest BCUT2D eigenvalue weighted by Crippen LogP contribution is -2.03. The smallest absolute Gasteiger partial charge is 0.446 e. The second-order valence-electron chi connectivity index (χ2n) is 5.23. The fourth-order valence-electron chi connectivity index (χ4n) is 2.65. The maximum atomic E-state index is 13.2. The molecule has 2 nitrogen and oxygen atoms in total. The van der Waals surface area contributed by atoms with E-state index in [4.69, 9.17) is 16.3 Å². The highest BCUT2D eigenvalue weighted by Gasteiger charge is 2.35. The molecule has 2 aromatic rings. The Kier molecular flexibility index (Phi) is 4.68. The van der Waals surface area contributed by atoms with Gasteiger partial charge in [0.05, 0.1) is 11.1 Å². The molecule has 3 rings (SSSR count). The van der Waals surface area contributed by atoms with Gasteiger partial charge in [0.25, 0.3) is 0 Å². The van der Waals surface area contributed by atoms with Crippen LogP contribution in [0.2, 0.25) is 5.02 Å². The largest absolute Gasteiger partial charge is 0.457 e. The Bertz CT molecular complexity index is 779. The third-order valence-electron chi connectivity index (χ3n) is 3.62. The SMILES string of the molecule is OC1CCc2c(Oc3ccc(F)c(Cl)c3)ccc(SC(F)(F)F)c21. The van der Waals surface area contributed by atoms with Crippen molar-refractivity contribution in [3.63, 3.8) is 0 Å². The summed E-state index contributed by atoms with van der Waals surface area (Å²) in [5, 5.41) is 9.91. The first-order valence-electron chi connectivity index (χ1n) is 6.97. The molecular weight excluding hydrogens is 368 g/mol. The summed E-state index contributed by atoms with van der Waals surface area (Å²) >= 11 is 5.44. The van der Waals surface area contributed by atoms with Crippen molar-refractivity contribution in [3.8, 4) is 11.5 Å². The van der Waals surface area contributed by atoms with Crippen molar-refractivity contribution < 1.29 is 27.4 Å². The van der Waals surface area contributed by atoms with E-state index in [1.54, 1.807) is 0 Å². The van der Waals surface area contributed by atoms with Gasteiger partial charge in [0, 0.05) is 22.1 Å². The zero-order chi connectivity index (χ0) is 17.5. The van der Waals surface area contributed by atoms with Crippen LogP contribution < -0.4 is 4.74 Å². The van der Waals surface area contributed by atoms with Gasteiger partial charge in [0.2, 0.25) is 0 Å². The molecule has 1 N–H and O–H groups in total. The standard InChI is InChI=1S/C16H11ClF4O2S/c17-10-7-8(1-3-11(10)18)23-13-5-6-14(24-16(19,20)21)15-9(13)2-4-12(15)22/h1,3,5-7,12,22H,2,4H2. The second kappa shape index (κ2) is 6.46. The molecular formula is C16H11ClF4O2S. The van der Waals surface area contributed by atoms with Crippen molar-refractivity contribution in [2.24, 2.45) is 0 Å². The zero-order valence-corrected chi connectivity index (χ0v) is 13.6. The molecule has 1 aliphatic carbocycles. The van der Waals surface area contributed by atoms with Crippen LogP contribution in [0.5, 0.6) is 11.5 Å². The highest BCUT2D eigenvalue weighted by Crippen LogP contribution is 2.47. The van der Waals surface area contributed by atoms with Gasteiger partial charge in [-0.2, -0.15) is 13.2 Å². The topological polar surface area (TPSA) is 29.5 Å². The highest BCUT2D eigenvalue weighted by molar-refractivity contribution is 8.00. The van der Waals surface area contributed by atoms with Gasteiger partial charge in [0.1, 0.15) is 17.3 Å². The molecule has 128 valence electrons. The number of hydrogen-bond donors (Lipinski definition) is 1. The predicted octanol–water partition coefficient (Wildman–Crippen LogP) is 5.86. The lowest BCUT2D eigenvalue weighted by Gasteiger charge is -2.16.